The van der Waals surface area contributed by atoms with Crippen molar-refractivity contribution < 1.29 is 23.5 Å². The van der Waals surface area contributed by atoms with E-state index in [0.717, 1.165) is 0 Å². The number of Topliss-reactive ketones (excluding diaryl/α,β-unsaturated/α-hetero) is 1. The van der Waals surface area contributed by atoms with Crippen LogP contribution in [0.25, 0.3) is 0 Å². The van der Waals surface area contributed by atoms with Crippen molar-refractivity contribution in [3.05, 3.63) is 58.4 Å². The van der Waals surface area contributed by atoms with E-state index in [9.17, 15) is 18.8 Å². The number of carbonyl (C=O) groups is 3. The number of aryl methyl sites for hydroxylation is 2. The van der Waals surface area contributed by atoms with Crippen LogP contribution in [0.4, 0.5) is 10.1 Å². The topological polar surface area (TPSA) is 75.7 Å². The van der Waals surface area contributed by atoms with Gasteiger partial charge in [-0.3, -0.25) is 14.4 Å². The number of ketones is 1. The van der Waals surface area contributed by atoms with Crippen molar-refractivity contribution >= 4 is 23.3 Å². The number of nitrogens with zero attached hydrogens (tertiary/aromatic N) is 1. The maximum absolute atomic E-state index is 13.9. The number of halogens is 1. The second kappa shape index (κ2) is 8.13. The van der Waals surface area contributed by atoms with Crippen molar-refractivity contribution in [2.75, 3.05) is 18.4 Å². The van der Waals surface area contributed by atoms with Gasteiger partial charge in [-0.15, -0.1) is 0 Å². The fourth-order valence-corrected chi connectivity index (χ4v) is 4.19. The van der Waals surface area contributed by atoms with E-state index in [4.69, 9.17) is 4.74 Å². The van der Waals surface area contributed by atoms with Crippen LogP contribution in [0, 0.1) is 25.6 Å². The number of anilines is 1. The van der Waals surface area contributed by atoms with E-state index in [-0.39, 0.29) is 29.3 Å². The standard InChI is InChI=1S/C24H25FN2O4/c1-13-10-18(11-14(2)21(13)25)24(30)27-8-6-16(7-9-27)22(28)17-4-5-20-19(12-17)26-23(29)15(3)31-20/h4-5,10-12,15-16H,6-9H2,1-3H3,(H,26,29). The van der Waals surface area contributed by atoms with Crippen molar-refractivity contribution in [1.29, 1.82) is 0 Å². The molecule has 2 aromatic carbocycles. The highest BCUT2D eigenvalue weighted by Crippen LogP contribution is 2.32. The molecule has 0 aromatic heterocycles. The van der Waals surface area contributed by atoms with Crippen molar-refractivity contribution in [2.24, 2.45) is 5.92 Å². The lowest BCUT2D eigenvalue weighted by Crippen LogP contribution is -2.40. The predicted molar refractivity (Wildman–Crippen MR) is 114 cm³/mol. The highest BCUT2D eigenvalue weighted by atomic mass is 19.1. The molecule has 1 saturated heterocycles. The van der Waals surface area contributed by atoms with Gasteiger partial charge in [0.25, 0.3) is 11.8 Å². The summed E-state index contributed by atoms with van der Waals surface area (Å²) in [6.07, 6.45) is 0.547. The first-order valence-corrected chi connectivity index (χ1v) is 10.5. The quantitative estimate of drug-likeness (QED) is 0.759. The lowest BCUT2D eigenvalue weighted by molar-refractivity contribution is -0.122. The van der Waals surface area contributed by atoms with Crippen LogP contribution < -0.4 is 10.1 Å². The number of ether oxygens (including phenoxy) is 1. The van der Waals surface area contributed by atoms with Crippen molar-refractivity contribution in [3.63, 3.8) is 0 Å². The Bertz CT molecular complexity index is 1050. The van der Waals surface area contributed by atoms with Gasteiger partial charge in [0, 0.05) is 30.1 Å². The molecule has 1 unspecified atom stereocenters. The van der Waals surface area contributed by atoms with Crippen LogP contribution >= 0.6 is 0 Å². The molecular weight excluding hydrogens is 399 g/mol. The molecule has 4 rings (SSSR count). The summed E-state index contributed by atoms with van der Waals surface area (Å²) in [5.41, 5.74) is 2.40. The summed E-state index contributed by atoms with van der Waals surface area (Å²) in [5.74, 6) is -0.319. The fraction of sp³-hybridized carbons (Fsp3) is 0.375. The molecule has 2 heterocycles. The first-order valence-electron chi connectivity index (χ1n) is 10.5. The van der Waals surface area contributed by atoms with E-state index in [0.29, 0.717) is 59.6 Å². The third-order valence-corrected chi connectivity index (χ3v) is 6.03. The molecule has 2 aliphatic rings. The van der Waals surface area contributed by atoms with Crippen LogP contribution in [0.3, 0.4) is 0 Å². The van der Waals surface area contributed by atoms with E-state index in [1.807, 2.05) is 0 Å². The molecule has 0 spiro atoms. The maximum Gasteiger partial charge on any atom is 0.265 e. The number of nitrogens with one attached hydrogen (secondary N) is 1. The molecule has 2 amide bonds. The highest BCUT2D eigenvalue weighted by Gasteiger charge is 2.30. The molecule has 2 aliphatic heterocycles. The molecule has 0 saturated carbocycles. The van der Waals surface area contributed by atoms with E-state index < -0.39 is 6.10 Å². The SMILES string of the molecule is Cc1cc(C(=O)N2CCC(C(=O)c3ccc4c(c3)NC(=O)C(C)O4)CC2)cc(C)c1F. The van der Waals surface area contributed by atoms with Crippen molar-refractivity contribution in [1.82, 2.24) is 4.90 Å². The number of piperidine rings is 1. The first-order chi connectivity index (χ1) is 14.7. The Kier molecular flexibility index (Phi) is 5.52. The Morgan fingerprint density at radius 1 is 1.06 bits per heavy atom. The lowest BCUT2D eigenvalue weighted by Gasteiger charge is -2.32. The van der Waals surface area contributed by atoms with E-state index in [1.54, 1.807) is 56.0 Å². The minimum Gasteiger partial charge on any atom is -0.479 e. The van der Waals surface area contributed by atoms with Gasteiger partial charge >= 0.3 is 0 Å². The van der Waals surface area contributed by atoms with Crippen LogP contribution in [0.15, 0.2) is 30.3 Å². The number of hydrogen-bond donors (Lipinski definition) is 1. The lowest BCUT2D eigenvalue weighted by atomic mass is 9.88. The number of benzene rings is 2. The van der Waals surface area contributed by atoms with Crippen LogP contribution in [0.5, 0.6) is 5.75 Å². The average molecular weight is 424 g/mol. The summed E-state index contributed by atoms with van der Waals surface area (Å²) in [6.45, 7) is 5.90. The third kappa shape index (κ3) is 4.04. The summed E-state index contributed by atoms with van der Waals surface area (Å²) in [4.78, 5) is 39.4. The van der Waals surface area contributed by atoms with Gasteiger partial charge in [0.1, 0.15) is 11.6 Å². The smallest absolute Gasteiger partial charge is 0.265 e. The molecule has 6 nitrogen and oxygen atoms in total. The van der Waals surface area contributed by atoms with E-state index in [2.05, 4.69) is 5.32 Å². The minimum absolute atomic E-state index is 0.00348. The van der Waals surface area contributed by atoms with Gasteiger partial charge in [0.05, 0.1) is 5.69 Å². The van der Waals surface area contributed by atoms with Crippen LogP contribution in [0.2, 0.25) is 0 Å². The largest absolute Gasteiger partial charge is 0.479 e. The van der Waals surface area contributed by atoms with Gasteiger partial charge in [-0.1, -0.05) is 0 Å². The molecule has 7 heteroatoms. The molecule has 0 bridgehead atoms. The molecule has 1 N–H and O–H groups in total. The zero-order valence-electron chi connectivity index (χ0n) is 17.8. The monoisotopic (exact) mass is 424 g/mol. The summed E-state index contributed by atoms with van der Waals surface area (Å²) >= 11 is 0. The fourth-order valence-electron chi connectivity index (χ4n) is 4.19. The number of carbonyl (C=O) groups excluding carboxylic acids is 3. The van der Waals surface area contributed by atoms with Crippen molar-refractivity contribution in [2.45, 2.75) is 39.7 Å². The normalized spacial score (nSPS) is 18.8. The molecule has 31 heavy (non-hydrogen) atoms. The second-order valence-corrected chi connectivity index (χ2v) is 8.32. The van der Waals surface area contributed by atoms with Gasteiger partial charge in [-0.2, -0.15) is 0 Å². The van der Waals surface area contributed by atoms with Crippen LogP contribution in [-0.4, -0.2) is 41.7 Å². The predicted octanol–water partition coefficient (Wildman–Crippen LogP) is 3.90. The van der Waals surface area contributed by atoms with Gasteiger partial charge in [0.2, 0.25) is 0 Å². The zero-order chi connectivity index (χ0) is 22.3. The molecule has 162 valence electrons. The van der Waals surface area contributed by atoms with Gasteiger partial charge in [-0.25, -0.2) is 4.39 Å². The third-order valence-electron chi connectivity index (χ3n) is 6.03. The zero-order valence-corrected chi connectivity index (χ0v) is 17.8. The molecule has 1 fully saturated rings. The Balaban J connectivity index is 1.42. The Morgan fingerprint density at radius 3 is 2.35 bits per heavy atom. The second-order valence-electron chi connectivity index (χ2n) is 8.32. The number of fused-ring (bicyclic) bond motifs is 1. The van der Waals surface area contributed by atoms with Crippen molar-refractivity contribution in [3.8, 4) is 5.75 Å². The number of rotatable bonds is 3. The van der Waals surface area contributed by atoms with E-state index >= 15 is 0 Å². The molecule has 1 atom stereocenters. The van der Waals surface area contributed by atoms with Gasteiger partial charge < -0.3 is 15.0 Å². The summed E-state index contributed by atoms with van der Waals surface area (Å²) in [6, 6.07) is 8.23. The summed E-state index contributed by atoms with van der Waals surface area (Å²) < 4.78 is 19.4. The van der Waals surface area contributed by atoms with Crippen LogP contribution in [0.1, 0.15) is 51.6 Å². The van der Waals surface area contributed by atoms with E-state index in [1.165, 1.54) is 0 Å². The maximum atomic E-state index is 13.9. The Labute approximate surface area is 180 Å². The Hall–Kier alpha value is -3.22. The first kappa shape index (κ1) is 21.0. The molecular formula is C24H25FN2O4. The minimum atomic E-state index is -0.565. The van der Waals surface area contributed by atoms with Gasteiger partial charge in [0.15, 0.2) is 11.9 Å². The van der Waals surface area contributed by atoms with Crippen LogP contribution in [-0.2, 0) is 4.79 Å². The highest BCUT2D eigenvalue weighted by molar-refractivity contribution is 6.02. The van der Waals surface area contributed by atoms with Gasteiger partial charge in [-0.05, 0) is 75.1 Å². The summed E-state index contributed by atoms with van der Waals surface area (Å²) in [7, 11) is 0. The number of hydrogen-bond acceptors (Lipinski definition) is 4. The molecule has 2 aromatic rings. The number of likely N-dealkylation sites (tertiary alicyclic amines) is 1. The molecule has 0 radical (unpaired) electrons. The average Bonchev–Trinajstić information content (AvgIpc) is 2.76. The summed E-state index contributed by atoms with van der Waals surface area (Å²) in [5, 5.41) is 2.77. The number of amides is 2. The Morgan fingerprint density at radius 2 is 1.71 bits per heavy atom. The molecule has 0 aliphatic carbocycles.